The molecule has 5 nitrogen and oxygen atoms in total. The maximum atomic E-state index is 13.7. The molecule has 1 unspecified atom stereocenters. The summed E-state index contributed by atoms with van der Waals surface area (Å²) in [6.45, 7) is 5.68. The van der Waals surface area contributed by atoms with Crippen molar-refractivity contribution in [2.45, 2.75) is 19.9 Å². The van der Waals surface area contributed by atoms with Gasteiger partial charge in [0.15, 0.2) is 0 Å². The van der Waals surface area contributed by atoms with E-state index in [1.54, 1.807) is 11.8 Å². The summed E-state index contributed by atoms with van der Waals surface area (Å²) in [5.74, 6) is -2.10. The molecule has 1 aliphatic heterocycles. The van der Waals surface area contributed by atoms with Gasteiger partial charge in [-0.25, -0.2) is 8.78 Å². The van der Waals surface area contributed by atoms with Crippen LogP contribution in [-0.2, 0) is 4.79 Å². The van der Waals surface area contributed by atoms with Crippen LogP contribution in [0.4, 0.5) is 14.5 Å². The molecule has 0 spiro atoms. The standard InChI is InChI=1S/C19H21F2N3O2S/c1-12-6-7-16(27-12)19(26)24-10-8-23(9-11-24)13(2)18(25)22-17-14(20)4-3-5-15(17)21/h3-7,13H,8-11H2,1-2H3,(H,22,25). The number of piperazine rings is 1. The minimum absolute atomic E-state index is 0.00159. The molecule has 1 aromatic heterocycles. The van der Waals surface area contributed by atoms with E-state index in [1.807, 2.05) is 24.0 Å². The minimum atomic E-state index is -0.808. The number of nitrogens with zero attached hydrogens (tertiary/aromatic N) is 2. The number of amides is 2. The molecule has 1 saturated heterocycles. The van der Waals surface area contributed by atoms with Crippen molar-refractivity contribution in [3.63, 3.8) is 0 Å². The molecule has 3 rings (SSSR count). The Morgan fingerprint density at radius 2 is 1.70 bits per heavy atom. The summed E-state index contributed by atoms with van der Waals surface area (Å²) in [6, 6.07) is 6.62. The average Bonchev–Trinajstić information content (AvgIpc) is 3.10. The fraction of sp³-hybridized carbons (Fsp3) is 0.368. The quantitative estimate of drug-likeness (QED) is 0.868. The Balaban J connectivity index is 1.57. The van der Waals surface area contributed by atoms with Crippen LogP contribution in [-0.4, -0.2) is 53.8 Å². The zero-order valence-corrected chi connectivity index (χ0v) is 16.0. The molecule has 2 amide bonds. The molecule has 2 aromatic rings. The number of para-hydroxylation sites is 1. The van der Waals surface area contributed by atoms with Crippen molar-refractivity contribution in [3.8, 4) is 0 Å². The summed E-state index contributed by atoms with van der Waals surface area (Å²) in [4.78, 5) is 30.3. The second-order valence-corrected chi connectivity index (χ2v) is 7.79. The van der Waals surface area contributed by atoms with Crippen molar-refractivity contribution in [3.05, 3.63) is 51.7 Å². The van der Waals surface area contributed by atoms with Crippen LogP contribution in [0.2, 0.25) is 0 Å². The third-order valence-corrected chi connectivity index (χ3v) is 5.68. The number of thiophene rings is 1. The molecule has 1 aromatic carbocycles. The number of aryl methyl sites for hydroxylation is 1. The van der Waals surface area contributed by atoms with Gasteiger partial charge < -0.3 is 10.2 Å². The lowest BCUT2D eigenvalue weighted by atomic mass is 10.2. The lowest BCUT2D eigenvalue weighted by molar-refractivity contribution is -0.121. The highest BCUT2D eigenvalue weighted by Gasteiger charge is 2.29. The maximum absolute atomic E-state index is 13.7. The van der Waals surface area contributed by atoms with Gasteiger partial charge in [0.25, 0.3) is 5.91 Å². The maximum Gasteiger partial charge on any atom is 0.264 e. The number of anilines is 1. The molecule has 1 aliphatic rings. The summed E-state index contributed by atoms with van der Waals surface area (Å²) in [5, 5.41) is 2.33. The van der Waals surface area contributed by atoms with Gasteiger partial charge in [-0.2, -0.15) is 0 Å². The molecule has 1 N–H and O–H groups in total. The van der Waals surface area contributed by atoms with Crippen molar-refractivity contribution in [1.29, 1.82) is 0 Å². The molecule has 0 saturated carbocycles. The number of benzene rings is 1. The number of hydrogen-bond donors (Lipinski definition) is 1. The number of nitrogens with one attached hydrogen (secondary N) is 1. The van der Waals surface area contributed by atoms with Crippen molar-refractivity contribution >= 4 is 28.8 Å². The third-order valence-electron chi connectivity index (χ3n) is 4.69. The van der Waals surface area contributed by atoms with Gasteiger partial charge in [0.05, 0.1) is 10.9 Å². The Kier molecular flexibility index (Phi) is 5.86. The van der Waals surface area contributed by atoms with Gasteiger partial charge in [0.2, 0.25) is 5.91 Å². The molecule has 144 valence electrons. The fourth-order valence-electron chi connectivity index (χ4n) is 3.03. The Labute approximate surface area is 160 Å². The normalized spacial score (nSPS) is 16.2. The zero-order valence-electron chi connectivity index (χ0n) is 15.2. The lowest BCUT2D eigenvalue weighted by Crippen LogP contribution is -2.54. The van der Waals surface area contributed by atoms with Crippen molar-refractivity contribution in [2.75, 3.05) is 31.5 Å². The van der Waals surface area contributed by atoms with Gasteiger partial charge in [-0.3, -0.25) is 14.5 Å². The van der Waals surface area contributed by atoms with E-state index in [9.17, 15) is 18.4 Å². The largest absolute Gasteiger partial charge is 0.335 e. The van der Waals surface area contributed by atoms with Crippen molar-refractivity contribution in [2.24, 2.45) is 0 Å². The predicted molar refractivity (Wildman–Crippen MR) is 101 cm³/mol. The molecule has 0 aliphatic carbocycles. The van der Waals surface area contributed by atoms with Gasteiger partial charge in [0.1, 0.15) is 17.3 Å². The van der Waals surface area contributed by atoms with E-state index in [1.165, 1.54) is 17.4 Å². The summed E-state index contributed by atoms with van der Waals surface area (Å²) in [7, 11) is 0. The topological polar surface area (TPSA) is 52.7 Å². The van der Waals surface area contributed by atoms with E-state index in [0.717, 1.165) is 17.0 Å². The molecular formula is C19H21F2N3O2S. The van der Waals surface area contributed by atoms with E-state index in [0.29, 0.717) is 31.1 Å². The monoisotopic (exact) mass is 393 g/mol. The average molecular weight is 393 g/mol. The van der Waals surface area contributed by atoms with E-state index in [2.05, 4.69) is 5.32 Å². The summed E-state index contributed by atoms with van der Waals surface area (Å²) < 4.78 is 27.4. The Morgan fingerprint density at radius 3 is 2.26 bits per heavy atom. The van der Waals surface area contributed by atoms with E-state index < -0.39 is 29.3 Å². The minimum Gasteiger partial charge on any atom is -0.335 e. The summed E-state index contributed by atoms with van der Waals surface area (Å²) in [5.41, 5.74) is -0.434. The Bertz CT molecular complexity index is 827. The van der Waals surface area contributed by atoms with E-state index >= 15 is 0 Å². The first kappa shape index (κ1) is 19.4. The molecule has 27 heavy (non-hydrogen) atoms. The van der Waals surface area contributed by atoms with Gasteiger partial charge in [0, 0.05) is 31.1 Å². The molecule has 1 fully saturated rings. The fourth-order valence-corrected chi connectivity index (χ4v) is 3.86. The molecule has 8 heteroatoms. The lowest BCUT2D eigenvalue weighted by Gasteiger charge is -2.37. The van der Waals surface area contributed by atoms with E-state index in [-0.39, 0.29) is 5.91 Å². The van der Waals surface area contributed by atoms with Gasteiger partial charge >= 0.3 is 0 Å². The molecule has 0 radical (unpaired) electrons. The second kappa shape index (κ2) is 8.14. The van der Waals surface area contributed by atoms with Crippen LogP contribution in [0.15, 0.2) is 30.3 Å². The second-order valence-electron chi connectivity index (χ2n) is 6.50. The Hall–Kier alpha value is -2.32. The highest BCUT2D eigenvalue weighted by molar-refractivity contribution is 7.13. The van der Waals surface area contributed by atoms with E-state index in [4.69, 9.17) is 0 Å². The predicted octanol–water partition coefficient (Wildman–Crippen LogP) is 3.12. The van der Waals surface area contributed by atoms with Crippen LogP contribution < -0.4 is 5.32 Å². The SMILES string of the molecule is Cc1ccc(C(=O)N2CCN(C(C)C(=O)Nc3c(F)cccc3F)CC2)s1. The number of hydrogen-bond acceptors (Lipinski definition) is 4. The molecular weight excluding hydrogens is 372 g/mol. The van der Waals surface area contributed by atoms with Gasteiger partial charge in [-0.05, 0) is 38.1 Å². The van der Waals surface area contributed by atoms with Crippen LogP contribution in [0.5, 0.6) is 0 Å². The van der Waals surface area contributed by atoms with Crippen LogP contribution in [0.25, 0.3) is 0 Å². The van der Waals surface area contributed by atoms with Crippen LogP contribution in [0, 0.1) is 18.6 Å². The smallest absolute Gasteiger partial charge is 0.264 e. The third kappa shape index (κ3) is 4.33. The Morgan fingerprint density at radius 1 is 1.07 bits per heavy atom. The first-order valence-corrected chi connectivity index (χ1v) is 9.53. The highest BCUT2D eigenvalue weighted by Crippen LogP contribution is 2.20. The summed E-state index contributed by atoms with van der Waals surface area (Å²) in [6.07, 6.45) is 0. The zero-order chi connectivity index (χ0) is 19.6. The number of halogens is 2. The van der Waals surface area contributed by atoms with Crippen LogP contribution >= 0.6 is 11.3 Å². The summed E-state index contributed by atoms with van der Waals surface area (Å²) >= 11 is 1.47. The van der Waals surface area contributed by atoms with Crippen molar-refractivity contribution in [1.82, 2.24) is 9.80 Å². The van der Waals surface area contributed by atoms with Gasteiger partial charge in [-0.15, -0.1) is 11.3 Å². The molecule has 2 heterocycles. The van der Waals surface area contributed by atoms with Crippen LogP contribution in [0.3, 0.4) is 0 Å². The molecule has 1 atom stereocenters. The van der Waals surface area contributed by atoms with Crippen molar-refractivity contribution < 1.29 is 18.4 Å². The van der Waals surface area contributed by atoms with Gasteiger partial charge in [-0.1, -0.05) is 6.07 Å². The number of carbonyl (C=O) groups excluding carboxylic acids is 2. The highest BCUT2D eigenvalue weighted by atomic mass is 32.1. The first-order valence-electron chi connectivity index (χ1n) is 8.71. The molecule has 0 bridgehead atoms. The van der Waals surface area contributed by atoms with Crippen LogP contribution in [0.1, 0.15) is 21.5 Å². The number of carbonyl (C=O) groups is 2. The first-order chi connectivity index (χ1) is 12.9. The number of rotatable bonds is 4.